The number of ether oxygens (including phenoxy) is 2. The first-order valence-corrected chi connectivity index (χ1v) is 10.9. The molecule has 11 heteroatoms. The molecule has 0 unspecified atom stereocenters. The molecule has 35 heavy (non-hydrogen) atoms. The molecule has 0 saturated heterocycles. The van der Waals surface area contributed by atoms with Gasteiger partial charge in [0.2, 0.25) is 0 Å². The zero-order valence-electron chi connectivity index (χ0n) is 18.6. The Hall–Kier alpha value is -3.99. The van der Waals surface area contributed by atoms with E-state index in [4.69, 9.17) is 25.1 Å². The molecule has 0 saturated carbocycles. The molecular formula is C24H21F3N2O5S. The molecule has 0 aliphatic rings. The third kappa shape index (κ3) is 5.75. The van der Waals surface area contributed by atoms with Crippen molar-refractivity contribution in [2.24, 2.45) is 0 Å². The van der Waals surface area contributed by atoms with Crippen molar-refractivity contribution in [2.75, 3.05) is 20.0 Å². The number of alkyl halides is 3. The van der Waals surface area contributed by atoms with Crippen molar-refractivity contribution in [3.05, 3.63) is 75.9 Å². The van der Waals surface area contributed by atoms with E-state index in [2.05, 4.69) is 0 Å². The number of carboxylic acids is 1. The number of fused-ring (bicyclic) bond motifs is 1. The van der Waals surface area contributed by atoms with Gasteiger partial charge in [0.15, 0.2) is 0 Å². The van der Waals surface area contributed by atoms with Gasteiger partial charge in [0.25, 0.3) is 5.56 Å². The van der Waals surface area contributed by atoms with E-state index in [1.165, 1.54) is 0 Å². The lowest BCUT2D eigenvalue weighted by molar-refractivity contribution is -0.192. The Morgan fingerprint density at radius 3 is 2.00 bits per heavy atom. The highest BCUT2D eigenvalue weighted by Gasteiger charge is 2.38. The summed E-state index contributed by atoms with van der Waals surface area (Å²) in [5.41, 5.74) is 9.97. The van der Waals surface area contributed by atoms with Crippen LogP contribution in [0, 0.1) is 0 Å². The maximum Gasteiger partial charge on any atom is 0.490 e. The number of hydrogen-bond acceptors (Lipinski definition) is 6. The standard InChI is InChI=1S/C22H20N2O3S.C2HF3O2/c1-26-16-7-3-14(4-8-16)13-24-18-11-12-28-21(18)19(20(23)22(24)25)15-5-9-17(27-2)10-6-15;3-2(4,5)1(6)7/h3-12H,13,23H2,1-2H3;(H,6,7). The lowest BCUT2D eigenvalue weighted by Crippen LogP contribution is -2.24. The number of pyridine rings is 1. The number of aromatic nitrogens is 1. The molecule has 0 atom stereocenters. The van der Waals surface area contributed by atoms with Gasteiger partial charge in [0.1, 0.15) is 17.2 Å². The largest absolute Gasteiger partial charge is 0.497 e. The van der Waals surface area contributed by atoms with Gasteiger partial charge in [0, 0.05) is 5.56 Å². The normalized spacial score (nSPS) is 11.0. The fourth-order valence-corrected chi connectivity index (χ4v) is 4.28. The number of aliphatic carboxylic acids is 1. The number of carboxylic acid groups (broad SMARTS) is 1. The van der Waals surface area contributed by atoms with Gasteiger partial charge in [0.05, 0.1) is 31.0 Å². The van der Waals surface area contributed by atoms with Crippen molar-refractivity contribution < 1.29 is 32.5 Å². The van der Waals surface area contributed by atoms with Crippen LogP contribution in [0.15, 0.2) is 64.8 Å². The van der Waals surface area contributed by atoms with Crippen LogP contribution in [0.3, 0.4) is 0 Å². The van der Waals surface area contributed by atoms with Crippen molar-refractivity contribution in [3.63, 3.8) is 0 Å². The molecule has 0 aliphatic carbocycles. The summed E-state index contributed by atoms with van der Waals surface area (Å²) in [7, 11) is 3.26. The molecule has 0 amide bonds. The summed E-state index contributed by atoms with van der Waals surface area (Å²) in [6.45, 7) is 0.448. The van der Waals surface area contributed by atoms with Crippen LogP contribution in [0.25, 0.3) is 21.3 Å². The molecule has 2 heterocycles. The van der Waals surface area contributed by atoms with Crippen LogP contribution in [0.2, 0.25) is 0 Å². The molecule has 0 spiro atoms. The number of methoxy groups -OCH3 is 2. The van der Waals surface area contributed by atoms with Crippen molar-refractivity contribution in [3.8, 4) is 22.6 Å². The third-order valence-electron chi connectivity index (χ3n) is 5.03. The van der Waals surface area contributed by atoms with E-state index in [9.17, 15) is 18.0 Å². The number of nitrogen functional groups attached to an aromatic ring is 1. The van der Waals surface area contributed by atoms with Gasteiger partial charge in [-0.05, 0) is 46.8 Å². The van der Waals surface area contributed by atoms with Gasteiger partial charge < -0.3 is 24.9 Å². The van der Waals surface area contributed by atoms with E-state index in [-0.39, 0.29) is 11.2 Å². The Bertz CT molecular complexity index is 1380. The summed E-state index contributed by atoms with van der Waals surface area (Å²) in [6.07, 6.45) is -5.08. The number of nitrogens with zero attached hydrogens (tertiary/aromatic N) is 1. The molecule has 4 rings (SSSR count). The zero-order chi connectivity index (χ0) is 25.8. The van der Waals surface area contributed by atoms with Gasteiger partial charge in [-0.15, -0.1) is 11.3 Å². The van der Waals surface area contributed by atoms with Crippen molar-refractivity contribution in [1.82, 2.24) is 4.57 Å². The number of nitrogens with two attached hydrogens (primary N) is 1. The molecule has 0 bridgehead atoms. The Morgan fingerprint density at radius 1 is 1.00 bits per heavy atom. The molecule has 3 N–H and O–H groups in total. The summed E-state index contributed by atoms with van der Waals surface area (Å²) in [6, 6.07) is 17.3. The van der Waals surface area contributed by atoms with E-state index in [1.807, 2.05) is 60.0 Å². The lowest BCUT2D eigenvalue weighted by atomic mass is 10.0. The highest BCUT2D eigenvalue weighted by atomic mass is 32.1. The predicted molar refractivity (Wildman–Crippen MR) is 128 cm³/mol. The fourth-order valence-electron chi connectivity index (χ4n) is 3.30. The molecule has 184 valence electrons. The summed E-state index contributed by atoms with van der Waals surface area (Å²) >= 11 is 1.58. The number of halogens is 3. The highest BCUT2D eigenvalue weighted by molar-refractivity contribution is 7.17. The Labute approximate surface area is 201 Å². The van der Waals surface area contributed by atoms with Crippen molar-refractivity contribution in [1.29, 1.82) is 0 Å². The molecule has 0 radical (unpaired) electrons. The number of benzene rings is 2. The maximum atomic E-state index is 13.1. The summed E-state index contributed by atoms with van der Waals surface area (Å²) in [5, 5.41) is 9.11. The molecule has 2 aromatic carbocycles. The van der Waals surface area contributed by atoms with E-state index in [0.717, 1.165) is 38.4 Å². The number of thiophene rings is 1. The minimum absolute atomic E-state index is 0.187. The van der Waals surface area contributed by atoms with Gasteiger partial charge in [-0.25, -0.2) is 4.79 Å². The molecular weight excluding hydrogens is 485 g/mol. The van der Waals surface area contributed by atoms with Crippen LogP contribution < -0.4 is 20.8 Å². The quantitative estimate of drug-likeness (QED) is 0.394. The predicted octanol–water partition coefficient (Wildman–Crippen LogP) is 5.01. The van der Waals surface area contributed by atoms with Crippen LogP contribution in [-0.2, 0) is 11.3 Å². The minimum atomic E-state index is -5.08. The van der Waals surface area contributed by atoms with E-state index < -0.39 is 12.1 Å². The Morgan fingerprint density at radius 2 is 1.51 bits per heavy atom. The first kappa shape index (κ1) is 25.6. The summed E-state index contributed by atoms with van der Waals surface area (Å²) in [5.74, 6) is -1.21. The smallest absolute Gasteiger partial charge is 0.490 e. The third-order valence-corrected chi connectivity index (χ3v) is 5.95. The zero-order valence-corrected chi connectivity index (χ0v) is 19.4. The SMILES string of the molecule is COc1ccc(Cn2c(=O)c(N)c(-c3ccc(OC)cc3)c3sccc32)cc1.O=C(O)C(F)(F)F. The monoisotopic (exact) mass is 506 g/mol. The number of anilines is 1. The summed E-state index contributed by atoms with van der Waals surface area (Å²) in [4.78, 5) is 22.0. The van der Waals surface area contributed by atoms with E-state index in [1.54, 1.807) is 30.1 Å². The number of hydrogen-bond donors (Lipinski definition) is 2. The summed E-state index contributed by atoms with van der Waals surface area (Å²) < 4.78 is 44.9. The van der Waals surface area contributed by atoms with Crippen LogP contribution in [-0.4, -0.2) is 36.0 Å². The van der Waals surface area contributed by atoms with Gasteiger partial charge in [-0.1, -0.05) is 24.3 Å². The van der Waals surface area contributed by atoms with Crippen LogP contribution >= 0.6 is 11.3 Å². The average Bonchev–Trinajstić information content (AvgIpc) is 3.32. The maximum absolute atomic E-state index is 13.1. The van der Waals surface area contributed by atoms with Gasteiger partial charge in [-0.2, -0.15) is 13.2 Å². The Kier molecular flexibility index (Phi) is 7.70. The highest BCUT2D eigenvalue weighted by Crippen LogP contribution is 2.36. The first-order chi connectivity index (χ1) is 16.6. The van der Waals surface area contributed by atoms with Crippen LogP contribution in [0.5, 0.6) is 11.5 Å². The number of carbonyl (C=O) groups is 1. The lowest BCUT2D eigenvalue weighted by Gasteiger charge is -2.14. The molecule has 0 aliphatic heterocycles. The van der Waals surface area contributed by atoms with Crippen molar-refractivity contribution in [2.45, 2.75) is 12.7 Å². The fraction of sp³-hybridized carbons (Fsp3) is 0.167. The average molecular weight is 507 g/mol. The topological polar surface area (TPSA) is 104 Å². The van der Waals surface area contributed by atoms with Gasteiger partial charge in [-0.3, -0.25) is 4.79 Å². The molecule has 0 fully saturated rings. The molecule has 2 aromatic heterocycles. The number of rotatable bonds is 5. The second-order valence-electron chi connectivity index (χ2n) is 7.19. The molecule has 4 aromatic rings. The van der Waals surface area contributed by atoms with Gasteiger partial charge >= 0.3 is 12.1 Å². The Balaban J connectivity index is 0.000000429. The van der Waals surface area contributed by atoms with Crippen molar-refractivity contribution >= 4 is 33.2 Å². The van der Waals surface area contributed by atoms with E-state index in [0.29, 0.717) is 6.54 Å². The second kappa shape index (κ2) is 10.5. The molecule has 7 nitrogen and oxygen atoms in total. The van der Waals surface area contributed by atoms with E-state index >= 15 is 0 Å². The second-order valence-corrected chi connectivity index (χ2v) is 8.11. The van der Waals surface area contributed by atoms with Crippen LogP contribution in [0.4, 0.5) is 18.9 Å². The minimum Gasteiger partial charge on any atom is -0.497 e. The first-order valence-electron chi connectivity index (χ1n) is 10.0. The van der Waals surface area contributed by atoms with Crippen LogP contribution in [0.1, 0.15) is 5.56 Å².